The number of nitrogens with zero attached hydrogens (tertiary/aromatic N) is 4. The number of hydrogen-bond donors (Lipinski definition) is 0. The van der Waals surface area contributed by atoms with Crippen LogP contribution in [0, 0.1) is 0 Å². The Hall–Kier alpha value is -1.82. The predicted octanol–water partition coefficient (Wildman–Crippen LogP) is 2.29. The van der Waals surface area contributed by atoms with Crippen LogP contribution in [0.2, 0.25) is 0 Å². The fraction of sp³-hybridized carbons (Fsp3) is 0.442. The molecule has 2 fully saturated rings. The lowest BCUT2D eigenvalue weighted by Crippen LogP contribution is -3.00. The van der Waals surface area contributed by atoms with E-state index in [1.165, 1.54) is 116 Å². The lowest BCUT2D eigenvalue weighted by atomic mass is 9.96. The van der Waals surface area contributed by atoms with Gasteiger partial charge in [-0.05, 0) is 42.5 Å². The summed E-state index contributed by atoms with van der Waals surface area (Å²) in [5.41, 5.74) is 5.64. The SMILES string of the molecule is CCCC[N+]1(C)CCN(C(c2ccccc2)c2ccccc2)CC1.CC[N+]1(CC)CCN(C(c2ccccc2)c2ccccc2)CC1.[I-].[I-]. The zero-order valence-electron chi connectivity index (χ0n) is 30.4. The lowest BCUT2D eigenvalue weighted by Gasteiger charge is -2.46. The Balaban J connectivity index is 0.000000255. The van der Waals surface area contributed by atoms with Crippen molar-refractivity contribution in [2.45, 2.75) is 45.7 Å². The second kappa shape index (κ2) is 20.9. The number of piperazine rings is 2. The highest BCUT2D eigenvalue weighted by atomic mass is 127. The van der Waals surface area contributed by atoms with E-state index < -0.39 is 0 Å². The van der Waals surface area contributed by atoms with Gasteiger partial charge in [0.25, 0.3) is 0 Å². The van der Waals surface area contributed by atoms with Gasteiger partial charge in [-0.15, -0.1) is 0 Å². The molecule has 4 aromatic carbocycles. The molecule has 0 bridgehead atoms. The van der Waals surface area contributed by atoms with Gasteiger partial charge in [0, 0.05) is 26.2 Å². The van der Waals surface area contributed by atoms with E-state index in [0.29, 0.717) is 12.1 Å². The number of likely N-dealkylation sites (N-methyl/N-ethyl adjacent to an activating group) is 2. The van der Waals surface area contributed by atoms with Crippen LogP contribution in [-0.4, -0.2) is 97.8 Å². The van der Waals surface area contributed by atoms with E-state index in [1.807, 2.05) is 0 Å². The summed E-state index contributed by atoms with van der Waals surface area (Å²) in [5, 5.41) is 0. The summed E-state index contributed by atoms with van der Waals surface area (Å²) >= 11 is 0. The number of quaternary nitrogens is 2. The van der Waals surface area contributed by atoms with Crippen molar-refractivity contribution in [3.63, 3.8) is 0 Å². The third-order valence-electron chi connectivity index (χ3n) is 11.2. The molecule has 0 unspecified atom stereocenters. The first-order chi connectivity index (χ1) is 23.0. The topological polar surface area (TPSA) is 6.48 Å². The second-order valence-electron chi connectivity index (χ2n) is 14.1. The standard InChI is InChI=1S/C22H31N2.C21H29N2.2HI/c1-3-4-17-24(2)18-15-23(16-19-24)22(20-11-7-5-8-12-20)21-13-9-6-10-14-21;1-3-23(4-2)17-15-22(16-18-23)21(19-11-7-5-8-12-19)20-13-9-6-10-14-20;;/h5-14,22H,3-4,15-19H2,1-2H3;5-14,21H,3-4,15-18H2,1-2H3;2*1H/q2*+1;;/p-2. The van der Waals surface area contributed by atoms with E-state index in [-0.39, 0.29) is 48.0 Å². The molecule has 0 aliphatic carbocycles. The van der Waals surface area contributed by atoms with Crippen LogP contribution >= 0.6 is 0 Å². The summed E-state index contributed by atoms with van der Waals surface area (Å²) < 4.78 is 2.51. The average Bonchev–Trinajstić information content (AvgIpc) is 3.14. The Bertz CT molecular complexity index is 1340. The van der Waals surface area contributed by atoms with E-state index in [0.717, 1.165) is 0 Å². The molecule has 0 atom stereocenters. The van der Waals surface area contributed by atoms with Gasteiger partial charge in [0.1, 0.15) is 0 Å². The fourth-order valence-corrected chi connectivity index (χ4v) is 7.77. The minimum atomic E-state index is 0. The molecule has 2 aliphatic rings. The molecule has 0 N–H and O–H groups in total. The highest BCUT2D eigenvalue weighted by Gasteiger charge is 2.34. The van der Waals surface area contributed by atoms with E-state index in [9.17, 15) is 0 Å². The van der Waals surface area contributed by atoms with Crippen molar-refractivity contribution in [2.75, 3.05) is 79.0 Å². The first-order valence-electron chi connectivity index (χ1n) is 18.4. The third-order valence-corrected chi connectivity index (χ3v) is 11.2. The smallest absolute Gasteiger partial charge is 0.0916 e. The minimum Gasteiger partial charge on any atom is -1.00 e. The molecule has 4 aromatic rings. The zero-order valence-corrected chi connectivity index (χ0v) is 34.8. The van der Waals surface area contributed by atoms with Crippen molar-refractivity contribution in [3.05, 3.63) is 144 Å². The summed E-state index contributed by atoms with van der Waals surface area (Å²) in [6.45, 7) is 20.6. The molecule has 2 aliphatic heterocycles. The van der Waals surface area contributed by atoms with Crippen LogP contribution in [-0.2, 0) is 0 Å². The third kappa shape index (κ3) is 11.3. The van der Waals surface area contributed by atoms with Gasteiger partial charge in [-0.3, -0.25) is 9.80 Å². The van der Waals surface area contributed by atoms with E-state index in [2.05, 4.69) is 159 Å². The van der Waals surface area contributed by atoms with Gasteiger partial charge in [-0.2, -0.15) is 0 Å². The summed E-state index contributed by atoms with van der Waals surface area (Å²) in [5.74, 6) is 0. The summed E-state index contributed by atoms with van der Waals surface area (Å²) in [4.78, 5) is 5.35. The molecule has 266 valence electrons. The molecule has 0 amide bonds. The summed E-state index contributed by atoms with van der Waals surface area (Å²) in [6.07, 6.45) is 2.64. The van der Waals surface area contributed by atoms with E-state index in [1.54, 1.807) is 0 Å². The van der Waals surface area contributed by atoms with Crippen LogP contribution in [0.3, 0.4) is 0 Å². The average molecular weight is 887 g/mol. The van der Waals surface area contributed by atoms with Crippen LogP contribution in [0.4, 0.5) is 0 Å². The normalized spacial score (nSPS) is 17.3. The molecule has 2 heterocycles. The summed E-state index contributed by atoms with van der Waals surface area (Å²) in [7, 11) is 2.44. The van der Waals surface area contributed by atoms with Crippen molar-refractivity contribution in [1.82, 2.24) is 9.80 Å². The second-order valence-corrected chi connectivity index (χ2v) is 14.1. The molecule has 0 radical (unpaired) electrons. The van der Waals surface area contributed by atoms with Crippen molar-refractivity contribution >= 4 is 0 Å². The quantitative estimate of drug-likeness (QED) is 0.169. The van der Waals surface area contributed by atoms with Crippen molar-refractivity contribution in [2.24, 2.45) is 0 Å². The summed E-state index contributed by atoms with van der Waals surface area (Å²) in [6, 6.07) is 44.7. The van der Waals surface area contributed by atoms with Crippen LogP contribution < -0.4 is 48.0 Å². The van der Waals surface area contributed by atoms with Gasteiger partial charge in [-0.25, -0.2) is 0 Å². The fourth-order valence-electron chi connectivity index (χ4n) is 7.77. The van der Waals surface area contributed by atoms with Crippen molar-refractivity contribution < 1.29 is 56.9 Å². The van der Waals surface area contributed by atoms with Crippen LogP contribution in [0.5, 0.6) is 0 Å². The maximum absolute atomic E-state index is 2.68. The maximum Gasteiger partial charge on any atom is 0.0916 e. The Morgan fingerprint density at radius 3 is 1.08 bits per heavy atom. The largest absolute Gasteiger partial charge is 1.00 e. The first kappa shape index (κ1) is 41.6. The van der Waals surface area contributed by atoms with Gasteiger partial charge < -0.3 is 56.9 Å². The molecular formula is C43H60I2N4. The molecule has 4 nitrogen and oxygen atoms in total. The van der Waals surface area contributed by atoms with Gasteiger partial charge in [0.15, 0.2) is 0 Å². The molecule has 0 aromatic heterocycles. The van der Waals surface area contributed by atoms with Crippen molar-refractivity contribution in [3.8, 4) is 0 Å². The van der Waals surface area contributed by atoms with Gasteiger partial charge in [-0.1, -0.05) is 135 Å². The van der Waals surface area contributed by atoms with Crippen LogP contribution in [0.1, 0.15) is 68.0 Å². The Kier molecular flexibility index (Phi) is 17.7. The minimum absolute atomic E-state index is 0. The number of benzene rings is 4. The van der Waals surface area contributed by atoms with Crippen LogP contribution in [0.25, 0.3) is 0 Å². The van der Waals surface area contributed by atoms with E-state index in [4.69, 9.17) is 0 Å². The van der Waals surface area contributed by atoms with E-state index >= 15 is 0 Å². The number of halogens is 2. The Labute approximate surface area is 332 Å². The monoisotopic (exact) mass is 886 g/mol. The Morgan fingerprint density at radius 1 is 0.490 bits per heavy atom. The van der Waals surface area contributed by atoms with Gasteiger partial charge in [0.2, 0.25) is 0 Å². The van der Waals surface area contributed by atoms with Crippen molar-refractivity contribution in [1.29, 1.82) is 0 Å². The first-order valence-corrected chi connectivity index (χ1v) is 18.4. The van der Waals surface area contributed by atoms with Crippen LogP contribution in [0.15, 0.2) is 121 Å². The highest BCUT2D eigenvalue weighted by Crippen LogP contribution is 2.32. The molecule has 0 saturated carbocycles. The number of unbranched alkanes of at least 4 members (excludes halogenated alkanes) is 1. The zero-order chi connectivity index (χ0) is 33.0. The lowest BCUT2D eigenvalue weighted by molar-refractivity contribution is -0.929. The highest BCUT2D eigenvalue weighted by molar-refractivity contribution is 5.33. The Morgan fingerprint density at radius 2 is 0.796 bits per heavy atom. The number of hydrogen-bond acceptors (Lipinski definition) is 2. The number of rotatable bonds is 11. The molecule has 2 saturated heterocycles. The molecule has 6 rings (SSSR count). The molecule has 49 heavy (non-hydrogen) atoms. The van der Waals surface area contributed by atoms with Gasteiger partial charge in [0.05, 0.1) is 64.9 Å². The predicted molar refractivity (Wildman–Crippen MR) is 199 cm³/mol. The molecule has 6 heteroatoms. The molecular weight excluding hydrogens is 826 g/mol. The molecule has 0 spiro atoms. The van der Waals surface area contributed by atoms with Gasteiger partial charge >= 0.3 is 0 Å². The maximum atomic E-state index is 2.68.